The molecule has 39 heavy (non-hydrogen) atoms. The summed E-state index contributed by atoms with van der Waals surface area (Å²) in [4.78, 5) is 37.9. The summed E-state index contributed by atoms with van der Waals surface area (Å²) in [7, 11) is 1.54. The maximum atomic E-state index is 12.7. The van der Waals surface area contributed by atoms with Crippen LogP contribution in [0.3, 0.4) is 0 Å². The highest BCUT2D eigenvalue weighted by atomic mass is 79.9. The van der Waals surface area contributed by atoms with Gasteiger partial charge in [-0.15, -0.1) is 0 Å². The van der Waals surface area contributed by atoms with Gasteiger partial charge in [-0.3, -0.25) is 9.59 Å². The lowest BCUT2D eigenvalue weighted by atomic mass is 10.1. The minimum absolute atomic E-state index is 0.262. The Balaban J connectivity index is 1.42. The van der Waals surface area contributed by atoms with E-state index in [9.17, 15) is 14.4 Å². The number of nitrogens with zero attached hydrogens (tertiary/aromatic N) is 1. The van der Waals surface area contributed by atoms with Gasteiger partial charge in [0.05, 0.1) is 18.9 Å². The third kappa shape index (κ3) is 7.39. The second kappa shape index (κ2) is 12.7. The van der Waals surface area contributed by atoms with Gasteiger partial charge in [0, 0.05) is 26.9 Å². The molecule has 0 atom stereocenters. The van der Waals surface area contributed by atoms with Crippen molar-refractivity contribution in [3.8, 4) is 11.5 Å². The molecule has 0 saturated heterocycles. The van der Waals surface area contributed by atoms with E-state index in [4.69, 9.17) is 9.47 Å². The molecule has 2 amide bonds. The molecule has 0 aliphatic heterocycles. The molecule has 8 nitrogen and oxygen atoms in total. The van der Waals surface area contributed by atoms with E-state index in [1.165, 1.54) is 6.21 Å². The van der Waals surface area contributed by atoms with E-state index in [0.29, 0.717) is 33.7 Å². The largest absolute Gasteiger partial charge is 0.497 e. The number of hydrazone groups is 1. The van der Waals surface area contributed by atoms with Crippen molar-refractivity contribution in [3.05, 3.63) is 123 Å². The molecule has 4 aromatic rings. The van der Waals surface area contributed by atoms with E-state index < -0.39 is 11.9 Å². The minimum Gasteiger partial charge on any atom is -0.497 e. The molecule has 0 aliphatic carbocycles. The van der Waals surface area contributed by atoms with Crippen molar-refractivity contribution in [2.45, 2.75) is 6.92 Å². The fourth-order valence-electron chi connectivity index (χ4n) is 3.55. The Bertz CT molecular complexity index is 1550. The fourth-order valence-corrected chi connectivity index (χ4v) is 3.93. The third-order valence-corrected chi connectivity index (χ3v) is 6.03. The summed E-state index contributed by atoms with van der Waals surface area (Å²) in [6.45, 7) is 1.91. The van der Waals surface area contributed by atoms with Gasteiger partial charge in [0.15, 0.2) is 0 Å². The van der Waals surface area contributed by atoms with Gasteiger partial charge in [0.1, 0.15) is 11.5 Å². The van der Waals surface area contributed by atoms with Crippen molar-refractivity contribution in [2.24, 2.45) is 5.10 Å². The van der Waals surface area contributed by atoms with Crippen LogP contribution in [0.25, 0.3) is 0 Å². The number of esters is 1. The summed E-state index contributed by atoms with van der Waals surface area (Å²) in [5.74, 6) is -0.427. The van der Waals surface area contributed by atoms with E-state index in [1.54, 1.807) is 86.0 Å². The Labute approximate surface area is 233 Å². The number of ether oxygens (including phenoxy) is 2. The normalized spacial score (nSPS) is 10.6. The highest BCUT2D eigenvalue weighted by Gasteiger charge is 2.13. The van der Waals surface area contributed by atoms with Gasteiger partial charge < -0.3 is 14.8 Å². The molecule has 0 radical (unpaired) electrons. The van der Waals surface area contributed by atoms with Crippen LogP contribution in [0.4, 0.5) is 5.69 Å². The molecule has 2 N–H and O–H groups in total. The quantitative estimate of drug-likeness (QED) is 0.114. The number of carbonyl (C=O) groups excluding carboxylic acids is 3. The zero-order valence-electron chi connectivity index (χ0n) is 21.1. The van der Waals surface area contributed by atoms with Gasteiger partial charge in [-0.1, -0.05) is 39.7 Å². The minimum atomic E-state index is -0.553. The third-order valence-electron chi connectivity index (χ3n) is 5.53. The van der Waals surface area contributed by atoms with Gasteiger partial charge in [0.25, 0.3) is 11.8 Å². The van der Waals surface area contributed by atoms with Crippen molar-refractivity contribution < 1.29 is 23.9 Å². The number of carbonyl (C=O) groups is 3. The molecule has 0 bridgehead atoms. The van der Waals surface area contributed by atoms with Crippen LogP contribution < -0.4 is 20.2 Å². The molecule has 196 valence electrons. The van der Waals surface area contributed by atoms with Crippen LogP contribution in [-0.4, -0.2) is 31.1 Å². The maximum absolute atomic E-state index is 12.7. The van der Waals surface area contributed by atoms with Crippen LogP contribution in [0.5, 0.6) is 11.5 Å². The number of hydrogen-bond acceptors (Lipinski definition) is 6. The number of hydrogen-bond donors (Lipinski definition) is 2. The monoisotopic (exact) mass is 585 g/mol. The Hall–Kier alpha value is -4.76. The van der Waals surface area contributed by atoms with Gasteiger partial charge in [-0.05, 0) is 79.7 Å². The number of methoxy groups -OCH3 is 1. The van der Waals surface area contributed by atoms with Crippen molar-refractivity contribution in [1.82, 2.24) is 5.43 Å². The Kier molecular flexibility index (Phi) is 8.86. The van der Waals surface area contributed by atoms with Crippen LogP contribution in [0.2, 0.25) is 0 Å². The lowest BCUT2D eigenvalue weighted by molar-refractivity contribution is 0.0733. The lowest BCUT2D eigenvalue weighted by Gasteiger charge is -2.09. The number of halogens is 1. The van der Waals surface area contributed by atoms with Gasteiger partial charge in [-0.2, -0.15) is 5.10 Å². The molecule has 0 fully saturated rings. The maximum Gasteiger partial charge on any atom is 0.343 e. The molecule has 0 aliphatic rings. The van der Waals surface area contributed by atoms with E-state index in [1.807, 2.05) is 19.1 Å². The second-order valence-electron chi connectivity index (χ2n) is 8.40. The average Bonchev–Trinajstić information content (AvgIpc) is 2.94. The summed E-state index contributed by atoms with van der Waals surface area (Å²) >= 11 is 3.39. The fraction of sp³-hybridized carbons (Fsp3) is 0.0667. The van der Waals surface area contributed by atoms with Crippen molar-refractivity contribution >= 4 is 45.6 Å². The molecular weight excluding hydrogens is 562 g/mol. The molecule has 0 aromatic heterocycles. The molecule has 4 aromatic carbocycles. The Morgan fingerprint density at radius 2 is 1.54 bits per heavy atom. The first-order chi connectivity index (χ1) is 18.8. The van der Waals surface area contributed by atoms with E-state index in [-0.39, 0.29) is 11.7 Å². The first-order valence-electron chi connectivity index (χ1n) is 11.8. The van der Waals surface area contributed by atoms with Crippen LogP contribution in [-0.2, 0) is 0 Å². The van der Waals surface area contributed by atoms with Crippen molar-refractivity contribution in [2.75, 3.05) is 12.4 Å². The summed E-state index contributed by atoms with van der Waals surface area (Å²) < 4.78 is 11.4. The zero-order chi connectivity index (χ0) is 27.8. The van der Waals surface area contributed by atoms with E-state index in [0.717, 1.165) is 10.0 Å². The summed E-state index contributed by atoms with van der Waals surface area (Å²) in [6, 6.07) is 25.3. The SMILES string of the molecule is COc1ccc(C(=O)Oc2ccc(Br)cc2C=NNC(=O)c2cccc(NC(=O)c3cccc(C)c3)c2)cc1. The molecule has 0 unspecified atom stereocenters. The number of rotatable bonds is 8. The number of aryl methyl sites for hydroxylation is 1. The van der Waals surface area contributed by atoms with E-state index in [2.05, 4.69) is 31.8 Å². The van der Waals surface area contributed by atoms with Crippen LogP contribution in [0, 0.1) is 6.92 Å². The number of nitrogens with one attached hydrogen (secondary N) is 2. The van der Waals surface area contributed by atoms with Gasteiger partial charge in [-0.25, -0.2) is 10.2 Å². The first kappa shape index (κ1) is 27.3. The van der Waals surface area contributed by atoms with E-state index >= 15 is 0 Å². The highest BCUT2D eigenvalue weighted by Crippen LogP contribution is 2.23. The Morgan fingerprint density at radius 3 is 2.26 bits per heavy atom. The summed E-state index contributed by atoms with van der Waals surface area (Å²) in [5, 5.41) is 6.83. The predicted molar refractivity (Wildman–Crippen MR) is 153 cm³/mol. The average molecular weight is 586 g/mol. The number of amides is 2. The standard InChI is InChI=1S/C30H24BrN3O5/c1-19-5-3-6-21(15-19)28(35)33-25-8-4-7-22(17-25)29(36)34-32-18-23-16-24(31)11-14-27(23)39-30(37)20-9-12-26(38-2)13-10-20/h3-18H,1-2H3,(H,33,35)(H,34,36). The molecule has 9 heteroatoms. The highest BCUT2D eigenvalue weighted by molar-refractivity contribution is 9.10. The molecular formula is C30H24BrN3O5. The predicted octanol–water partition coefficient (Wildman–Crippen LogP) is 6.00. The Morgan fingerprint density at radius 1 is 0.821 bits per heavy atom. The molecule has 0 heterocycles. The first-order valence-corrected chi connectivity index (χ1v) is 12.6. The molecule has 0 saturated carbocycles. The van der Waals surface area contributed by atoms with Crippen molar-refractivity contribution in [3.63, 3.8) is 0 Å². The van der Waals surface area contributed by atoms with Gasteiger partial charge >= 0.3 is 5.97 Å². The van der Waals surface area contributed by atoms with Gasteiger partial charge in [0.2, 0.25) is 0 Å². The summed E-state index contributed by atoms with van der Waals surface area (Å²) in [5.41, 5.74) is 5.54. The number of anilines is 1. The topological polar surface area (TPSA) is 106 Å². The second-order valence-corrected chi connectivity index (χ2v) is 9.32. The molecule has 0 spiro atoms. The van der Waals surface area contributed by atoms with Crippen LogP contribution in [0.1, 0.15) is 42.2 Å². The smallest absolute Gasteiger partial charge is 0.343 e. The lowest BCUT2D eigenvalue weighted by Crippen LogP contribution is -2.18. The number of benzene rings is 4. The summed E-state index contributed by atoms with van der Waals surface area (Å²) in [6.07, 6.45) is 1.38. The molecule has 4 rings (SSSR count). The van der Waals surface area contributed by atoms with Crippen molar-refractivity contribution in [1.29, 1.82) is 0 Å². The zero-order valence-corrected chi connectivity index (χ0v) is 22.7. The van der Waals surface area contributed by atoms with Crippen LogP contribution >= 0.6 is 15.9 Å². The van der Waals surface area contributed by atoms with Crippen LogP contribution in [0.15, 0.2) is 101 Å².